The molecular formula is C16H28N2O2. The number of pyridine rings is 1. The summed E-state index contributed by atoms with van der Waals surface area (Å²) >= 11 is 0. The SMILES string of the molecule is CCCCN(C)Cc1cc(=O)c(O)cn1CCC(C)C. The third-order valence-corrected chi connectivity index (χ3v) is 3.47. The second-order valence-corrected chi connectivity index (χ2v) is 5.98. The van der Waals surface area contributed by atoms with Gasteiger partial charge in [-0.3, -0.25) is 4.79 Å². The van der Waals surface area contributed by atoms with Crippen LogP contribution in [0.25, 0.3) is 0 Å². The smallest absolute Gasteiger partial charge is 0.223 e. The molecule has 0 amide bonds. The van der Waals surface area contributed by atoms with E-state index in [0.29, 0.717) is 5.92 Å². The van der Waals surface area contributed by atoms with Gasteiger partial charge in [-0.25, -0.2) is 0 Å². The fourth-order valence-electron chi connectivity index (χ4n) is 2.13. The Balaban J connectivity index is 2.85. The van der Waals surface area contributed by atoms with Crippen LogP contribution in [0.3, 0.4) is 0 Å². The summed E-state index contributed by atoms with van der Waals surface area (Å²) in [6, 6.07) is 1.57. The van der Waals surface area contributed by atoms with Gasteiger partial charge in [-0.2, -0.15) is 0 Å². The molecule has 0 bridgehead atoms. The molecule has 0 aliphatic heterocycles. The van der Waals surface area contributed by atoms with E-state index in [0.717, 1.165) is 38.2 Å². The maximum Gasteiger partial charge on any atom is 0.223 e. The van der Waals surface area contributed by atoms with Crippen molar-refractivity contribution < 1.29 is 5.11 Å². The summed E-state index contributed by atoms with van der Waals surface area (Å²) in [7, 11) is 2.07. The minimum absolute atomic E-state index is 0.159. The Hall–Kier alpha value is -1.29. The lowest BCUT2D eigenvalue weighted by Crippen LogP contribution is -2.23. The Morgan fingerprint density at radius 3 is 2.70 bits per heavy atom. The van der Waals surface area contributed by atoms with Crippen molar-refractivity contribution in [3.05, 3.63) is 28.2 Å². The minimum Gasteiger partial charge on any atom is -0.503 e. The van der Waals surface area contributed by atoms with Crippen LogP contribution in [0.1, 0.15) is 45.7 Å². The predicted molar refractivity (Wildman–Crippen MR) is 83.1 cm³/mol. The molecule has 1 aromatic heterocycles. The fraction of sp³-hybridized carbons (Fsp3) is 0.688. The van der Waals surface area contributed by atoms with E-state index >= 15 is 0 Å². The van der Waals surface area contributed by atoms with Crippen molar-refractivity contribution in [3.8, 4) is 5.75 Å². The first kappa shape index (κ1) is 16.8. The molecule has 0 spiro atoms. The van der Waals surface area contributed by atoms with Gasteiger partial charge >= 0.3 is 0 Å². The van der Waals surface area contributed by atoms with Crippen LogP contribution in [0, 0.1) is 5.92 Å². The number of hydrogen-bond donors (Lipinski definition) is 1. The molecule has 0 aromatic carbocycles. The van der Waals surface area contributed by atoms with E-state index in [4.69, 9.17) is 0 Å². The lowest BCUT2D eigenvalue weighted by molar-refractivity contribution is 0.308. The Bertz CT molecular complexity index is 466. The van der Waals surface area contributed by atoms with Crippen molar-refractivity contribution in [2.45, 2.75) is 53.1 Å². The van der Waals surface area contributed by atoms with Crippen molar-refractivity contribution in [2.24, 2.45) is 5.92 Å². The highest BCUT2D eigenvalue weighted by Crippen LogP contribution is 2.11. The molecule has 0 saturated carbocycles. The molecule has 1 rings (SSSR count). The molecule has 0 unspecified atom stereocenters. The first-order valence-electron chi connectivity index (χ1n) is 7.55. The van der Waals surface area contributed by atoms with Crippen LogP contribution < -0.4 is 5.43 Å². The van der Waals surface area contributed by atoms with E-state index in [-0.39, 0.29) is 11.2 Å². The lowest BCUT2D eigenvalue weighted by Gasteiger charge is -2.20. The molecule has 114 valence electrons. The molecule has 0 atom stereocenters. The second kappa shape index (κ2) is 8.10. The van der Waals surface area contributed by atoms with Crippen molar-refractivity contribution in [2.75, 3.05) is 13.6 Å². The average molecular weight is 280 g/mol. The van der Waals surface area contributed by atoms with Gasteiger partial charge in [-0.05, 0) is 32.4 Å². The van der Waals surface area contributed by atoms with Crippen LogP contribution in [0.2, 0.25) is 0 Å². The normalized spacial score (nSPS) is 11.5. The van der Waals surface area contributed by atoms with E-state index < -0.39 is 0 Å². The monoisotopic (exact) mass is 280 g/mol. The van der Waals surface area contributed by atoms with Crippen molar-refractivity contribution in [1.29, 1.82) is 0 Å². The number of hydrogen-bond acceptors (Lipinski definition) is 3. The molecule has 0 radical (unpaired) electrons. The fourth-order valence-corrected chi connectivity index (χ4v) is 2.13. The van der Waals surface area contributed by atoms with Gasteiger partial charge in [0.05, 0.1) is 6.20 Å². The minimum atomic E-state index is -0.287. The number of rotatable bonds is 8. The molecule has 0 aliphatic rings. The second-order valence-electron chi connectivity index (χ2n) is 5.98. The number of aryl methyl sites for hydroxylation is 1. The number of aromatic hydroxyl groups is 1. The van der Waals surface area contributed by atoms with E-state index in [1.165, 1.54) is 6.42 Å². The molecular weight excluding hydrogens is 252 g/mol. The maximum atomic E-state index is 11.6. The quantitative estimate of drug-likeness (QED) is 0.796. The van der Waals surface area contributed by atoms with Crippen LogP contribution in [0.5, 0.6) is 5.75 Å². The summed E-state index contributed by atoms with van der Waals surface area (Å²) in [5.41, 5.74) is 0.691. The molecule has 4 nitrogen and oxygen atoms in total. The molecule has 1 heterocycles. The molecule has 1 N–H and O–H groups in total. The van der Waals surface area contributed by atoms with Crippen LogP contribution in [0.15, 0.2) is 17.1 Å². The molecule has 0 aliphatic carbocycles. The van der Waals surface area contributed by atoms with Crippen molar-refractivity contribution in [1.82, 2.24) is 9.47 Å². The van der Waals surface area contributed by atoms with Crippen LogP contribution in [-0.2, 0) is 13.1 Å². The first-order valence-corrected chi connectivity index (χ1v) is 7.55. The standard InChI is InChI=1S/C16H28N2O2/c1-5-6-8-17(4)11-14-10-15(19)16(20)12-18(14)9-7-13(2)3/h10,12-13,20H,5-9,11H2,1-4H3. The van der Waals surface area contributed by atoms with Crippen molar-refractivity contribution >= 4 is 0 Å². The zero-order valence-electron chi connectivity index (χ0n) is 13.2. The van der Waals surface area contributed by atoms with E-state index in [9.17, 15) is 9.90 Å². The summed E-state index contributed by atoms with van der Waals surface area (Å²) in [5, 5.41) is 9.62. The van der Waals surface area contributed by atoms with E-state index in [2.05, 4.69) is 32.7 Å². The van der Waals surface area contributed by atoms with E-state index in [1.807, 2.05) is 4.57 Å². The Labute approximate surface area is 122 Å². The molecule has 4 heteroatoms. The van der Waals surface area contributed by atoms with Crippen LogP contribution in [0.4, 0.5) is 0 Å². The summed E-state index contributed by atoms with van der Waals surface area (Å²) in [4.78, 5) is 13.9. The van der Waals surface area contributed by atoms with Gasteiger partial charge in [0.2, 0.25) is 5.43 Å². The molecule has 20 heavy (non-hydrogen) atoms. The highest BCUT2D eigenvalue weighted by molar-refractivity contribution is 5.20. The average Bonchev–Trinajstić information content (AvgIpc) is 2.38. The zero-order chi connectivity index (χ0) is 15.1. The summed E-state index contributed by atoms with van der Waals surface area (Å²) in [6.45, 7) is 9.13. The Kier molecular flexibility index (Phi) is 6.79. The summed E-state index contributed by atoms with van der Waals surface area (Å²) < 4.78 is 2.01. The van der Waals surface area contributed by atoms with Gasteiger partial charge < -0.3 is 14.6 Å². The van der Waals surface area contributed by atoms with Gasteiger partial charge in [0.1, 0.15) is 0 Å². The highest BCUT2D eigenvalue weighted by Gasteiger charge is 2.09. The predicted octanol–water partition coefficient (Wildman–Crippen LogP) is 2.83. The van der Waals surface area contributed by atoms with Crippen molar-refractivity contribution in [3.63, 3.8) is 0 Å². The van der Waals surface area contributed by atoms with Gasteiger partial charge in [0, 0.05) is 24.8 Å². The number of unbranched alkanes of at least 4 members (excludes halogenated alkanes) is 1. The first-order chi connectivity index (χ1) is 9.43. The number of aromatic nitrogens is 1. The third kappa shape index (κ3) is 5.37. The summed E-state index contributed by atoms with van der Waals surface area (Å²) in [5.74, 6) is 0.441. The lowest BCUT2D eigenvalue weighted by atomic mass is 10.1. The number of nitrogens with zero attached hydrogens (tertiary/aromatic N) is 2. The van der Waals surface area contributed by atoms with Gasteiger partial charge in [0.15, 0.2) is 5.75 Å². The third-order valence-electron chi connectivity index (χ3n) is 3.47. The van der Waals surface area contributed by atoms with E-state index in [1.54, 1.807) is 12.3 Å². The molecule has 0 fully saturated rings. The van der Waals surface area contributed by atoms with Gasteiger partial charge in [-0.1, -0.05) is 27.2 Å². The maximum absolute atomic E-state index is 11.6. The molecule has 0 saturated heterocycles. The summed E-state index contributed by atoms with van der Waals surface area (Å²) in [6.07, 6.45) is 4.94. The Morgan fingerprint density at radius 2 is 2.10 bits per heavy atom. The van der Waals surface area contributed by atoms with Crippen LogP contribution >= 0.6 is 0 Å². The largest absolute Gasteiger partial charge is 0.503 e. The topological polar surface area (TPSA) is 45.5 Å². The highest BCUT2D eigenvalue weighted by atomic mass is 16.3. The zero-order valence-corrected chi connectivity index (χ0v) is 13.2. The Morgan fingerprint density at radius 1 is 1.40 bits per heavy atom. The molecule has 1 aromatic rings. The van der Waals surface area contributed by atoms with Gasteiger partial charge in [0.25, 0.3) is 0 Å². The van der Waals surface area contributed by atoms with Crippen LogP contribution in [-0.4, -0.2) is 28.2 Å². The van der Waals surface area contributed by atoms with Gasteiger partial charge in [-0.15, -0.1) is 0 Å².